The van der Waals surface area contributed by atoms with Crippen molar-refractivity contribution in [2.45, 2.75) is 0 Å². The van der Waals surface area contributed by atoms with Gasteiger partial charge in [0, 0.05) is 38.3 Å². The summed E-state index contributed by atoms with van der Waals surface area (Å²) in [6, 6.07) is 5.36. The van der Waals surface area contributed by atoms with Crippen molar-refractivity contribution in [3.05, 3.63) is 24.5 Å². The predicted octanol–water partition coefficient (Wildman–Crippen LogP) is 0.895. The number of hydrogen-bond donors (Lipinski definition) is 3. The highest BCUT2D eigenvalue weighted by Gasteiger charge is 2.04. The fourth-order valence-corrected chi connectivity index (χ4v) is 1.72. The van der Waals surface area contributed by atoms with E-state index in [4.69, 9.17) is 5.73 Å². The van der Waals surface area contributed by atoms with Gasteiger partial charge in [0.05, 0.1) is 5.52 Å². The molecule has 4 N–H and O–H groups in total. The van der Waals surface area contributed by atoms with Crippen LogP contribution in [-0.4, -0.2) is 48.1 Å². The average molecular weight is 274 g/mol. The van der Waals surface area contributed by atoms with Crippen LogP contribution in [0.3, 0.4) is 0 Å². The Kier molecular flexibility index (Phi) is 4.19. The van der Waals surface area contributed by atoms with Crippen LogP contribution in [0.5, 0.6) is 0 Å². The zero-order valence-corrected chi connectivity index (χ0v) is 11.6. The number of nitrogens with two attached hydrogens (primary N) is 1. The van der Waals surface area contributed by atoms with E-state index in [9.17, 15) is 4.79 Å². The maximum absolute atomic E-state index is 11.4. The summed E-state index contributed by atoms with van der Waals surface area (Å²) in [5.41, 5.74) is 7.27. The number of hydrogen-bond acceptors (Lipinski definition) is 5. The Bertz CT molecular complexity index is 613. The summed E-state index contributed by atoms with van der Waals surface area (Å²) in [5, 5.41) is 6.80. The van der Waals surface area contributed by atoms with Crippen LogP contribution in [0.4, 0.5) is 16.3 Å². The van der Waals surface area contributed by atoms with Crippen LogP contribution < -0.4 is 16.4 Å². The fraction of sp³-hybridized carbons (Fsp3) is 0.308. The van der Waals surface area contributed by atoms with Crippen molar-refractivity contribution in [1.82, 2.24) is 20.2 Å². The fourth-order valence-electron chi connectivity index (χ4n) is 1.72. The molecule has 7 nitrogen and oxygen atoms in total. The number of carbonyl (C=O) groups is 1. The van der Waals surface area contributed by atoms with E-state index in [0.29, 0.717) is 24.6 Å². The third-order valence-corrected chi connectivity index (χ3v) is 2.76. The van der Waals surface area contributed by atoms with Gasteiger partial charge in [0.15, 0.2) is 0 Å². The van der Waals surface area contributed by atoms with Crippen molar-refractivity contribution < 1.29 is 4.79 Å². The molecule has 0 bridgehead atoms. The minimum atomic E-state index is -0.122. The molecule has 106 valence electrons. The van der Waals surface area contributed by atoms with E-state index in [2.05, 4.69) is 20.6 Å². The lowest BCUT2D eigenvalue weighted by Gasteiger charge is -2.13. The molecular formula is C13H18N6O. The second kappa shape index (κ2) is 6.05. The number of fused-ring (bicyclic) bond motifs is 1. The lowest BCUT2D eigenvalue weighted by molar-refractivity contribution is 0.218. The first-order chi connectivity index (χ1) is 9.58. The smallest absolute Gasteiger partial charge is 0.316 e. The minimum absolute atomic E-state index is 0.122. The summed E-state index contributed by atoms with van der Waals surface area (Å²) in [6.07, 6.45) is 1.50. The summed E-state index contributed by atoms with van der Waals surface area (Å²) in [7, 11) is 3.40. The lowest BCUT2D eigenvalue weighted by Crippen LogP contribution is -2.37. The Labute approximate surface area is 117 Å². The molecule has 7 heteroatoms. The van der Waals surface area contributed by atoms with Crippen molar-refractivity contribution in [2.75, 3.05) is 38.2 Å². The molecule has 2 aromatic rings. The van der Waals surface area contributed by atoms with Crippen LogP contribution in [0, 0.1) is 0 Å². The van der Waals surface area contributed by atoms with E-state index in [1.807, 2.05) is 12.1 Å². The number of anilines is 2. The molecule has 0 atom stereocenters. The molecule has 0 radical (unpaired) electrons. The van der Waals surface area contributed by atoms with Crippen molar-refractivity contribution in [2.24, 2.45) is 0 Å². The Morgan fingerprint density at radius 3 is 2.85 bits per heavy atom. The molecule has 1 aromatic carbocycles. The van der Waals surface area contributed by atoms with Gasteiger partial charge in [-0.1, -0.05) is 0 Å². The number of benzene rings is 1. The van der Waals surface area contributed by atoms with Gasteiger partial charge < -0.3 is 21.3 Å². The third kappa shape index (κ3) is 3.25. The minimum Gasteiger partial charge on any atom is -0.399 e. The molecule has 2 amide bonds. The maximum atomic E-state index is 11.4. The third-order valence-electron chi connectivity index (χ3n) is 2.76. The van der Waals surface area contributed by atoms with E-state index in [1.54, 1.807) is 20.2 Å². The number of urea groups is 1. The van der Waals surface area contributed by atoms with Crippen LogP contribution in [0.2, 0.25) is 0 Å². The molecule has 0 aliphatic carbocycles. The maximum Gasteiger partial charge on any atom is 0.316 e. The molecule has 0 aliphatic heterocycles. The Morgan fingerprint density at radius 1 is 1.30 bits per heavy atom. The van der Waals surface area contributed by atoms with Gasteiger partial charge in [-0.15, -0.1) is 0 Å². The van der Waals surface area contributed by atoms with Gasteiger partial charge in [-0.25, -0.2) is 14.8 Å². The number of rotatable bonds is 4. The van der Waals surface area contributed by atoms with Gasteiger partial charge in [-0.05, 0) is 18.2 Å². The molecule has 0 fully saturated rings. The largest absolute Gasteiger partial charge is 0.399 e. The summed E-state index contributed by atoms with van der Waals surface area (Å²) < 4.78 is 0. The Hall–Kier alpha value is -2.57. The standard InChI is InChI=1S/C13H18N6O/c1-19(2)13(20)16-6-5-15-12-10-7-9(14)3-4-11(10)17-8-18-12/h3-4,7-8H,5-6,14H2,1-2H3,(H,16,20)(H,15,17,18). The summed E-state index contributed by atoms with van der Waals surface area (Å²) >= 11 is 0. The van der Waals surface area contributed by atoms with Gasteiger partial charge in [-0.2, -0.15) is 0 Å². The number of nitrogen functional groups attached to an aromatic ring is 1. The molecule has 0 saturated heterocycles. The highest BCUT2D eigenvalue weighted by Crippen LogP contribution is 2.21. The molecular weight excluding hydrogens is 256 g/mol. The van der Waals surface area contributed by atoms with Crippen LogP contribution in [0.25, 0.3) is 10.9 Å². The average Bonchev–Trinajstić information content (AvgIpc) is 2.43. The van der Waals surface area contributed by atoms with Gasteiger partial charge in [0.1, 0.15) is 12.1 Å². The second-order valence-electron chi connectivity index (χ2n) is 4.55. The van der Waals surface area contributed by atoms with Crippen molar-refractivity contribution in [1.29, 1.82) is 0 Å². The number of nitrogens with one attached hydrogen (secondary N) is 2. The highest BCUT2D eigenvalue weighted by molar-refractivity contribution is 5.91. The van der Waals surface area contributed by atoms with Crippen LogP contribution >= 0.6 is 0 Å². The van der Waals surface area contributed by atoms with Crippen LogP contribution in [-0.2, 0) is 0 Å². The number of amides is 2. The molecule has 0 aliphatic rings. The summed E-state index contributed by atoms with van der Waals surface area (Å²) in [6.45, 7) is 1.07. The van der Waals surface area contributed by atoms with E-state index < -0.39 is 0 Å². The monoisotopic (exact) mass is 274 g/mol. The summed E-state index contributed by atoms with van der Waals surface area (Å²) in [5.74, 6) is 0.710. The molecule has 2 rings (SSSR count). The van der Waals surface area contributed by atoms with Gasteiger partial charge >= 0.3 is 6.03 Å². The predicted molar refractivity (Wildman–Crippen MR) is 79.5 cm³/mol. The van der Waals surface area contributed by atoms with Gasteiger partial charge in [0.2, 0.25) is 0 Å². The Balaban J connectivity index is 2.00. The summed E-state index contributed by atoms with van der Waals surface area (Å²) in [4.78, 5) is 21.2. The first-order valence-corrected chi connectivity index (χ1v) is 6.27. The molecule has 0 spiro atoms. The number of nitrogens with zero attached hydrogens (tertiary/aromatic N) is 3. The second-order valence-corrected chi connectivity index (χ2v) is 4.55. The van der Waals surface area contributed by atoms with Crippen LogP contribution in [0.15, 0.2) is 24.5 Å². The number of carbonyl (C=O) groups excluding carboxylic acids is 1. The van der Waals surface area contributed by atoms with E-state index >= 15 is 0 Å². The normalized spacial score (nSPS) is 10.3. The van der Waals surface area contributed by atoms with Gasteiger partial charge in [0.25, 0.3) is 0 Å². The molecule has 1 heterocycles. The van der Waals surface area contributed by atoms with Gasteiger partial charge in [-0.3, -0.25) is 0 Å². The number of aromatic nitrogens is 2. The van der Waals surface area contributed by atoms with E-state index in [1.165, 1.54) is 11.2 Å². The molecule has 1 aromatic heterocycles. The zero-order valence-electron chi connectivity index (χ0n) is 11.6. The van der Waals surface area contributed by atoms with Crippen LogP contribution in [0.1, 0.15) is 0 Å². The van der Waals surface area contributed by atoms with E-state index in [0.717, 1.165) is 10.9 Å². The first-order valence-electron chi connectivity index (χ1n) is 6.27. The van der Waals surface area contributed by atoms with Crippen molar-refractivity contribution in [3.8, 4) is 0 Å². The van der Waals surface area contributed by atoms with E-state index in [-0.39, 0.29) is 6.03 Å². The lowest BCUT2D eigenvalue weighted by atomic mass is 10.2. The highest BCUT2D eigenvalue weighted by atomic mass is 16.2. The molecule has 0 saturated carbocycles. The van der Waals surface area contributed by atoms with Crippen molar-refractivity contribution >= 4 is 28.4 Å². The topological polar surface area (TPSA) is 96.2 Å². The van der Waals surface area contributed by atoms with Crippen molar-refractivity contribution in [3.63, 3.8) is 0 Å². The Morgan fingerprint density at radius 2 is 2.10 bits per heavy atom. The SMILES string of the molecule is CN(C)C(=O)NCCNc1ncnc2ccc(N)cc12. The molecule has 0 unspecified atom stereocenters. The quantitative estimate of drug-likeness (QED) is 0.568. The zero-order chi connectivity index (χ0) is 14.5. The first kappa shape index (κ1) is 13.9. The molecule has 20 heavy (non-hydrogen) atoms.